The van der Waals surface area contributed by atoms with Gasteiger partial charge in [0, 0.05) is 38.5 Å². The number of ether oxygens (including phenoxy) is 1. The molecule has 0 spiro atoms. The van der Waals surface area contributed by atoms with Crippen LogP contribution in [0.25, 0.3) is 0 Å². The fraction of sp³-hybridized carbons (Fsp3) is 0.655. The number of fused-ring (bicyclic) bond motifs is 1. The van der Waals surface area contributed by atoms with Crippen LogP contribution in [-0.2, 0) is 20.7 Å². The van der Waals surface area contributed by atoms with Gasteiger partial charge in [0.05, 0.1) is 18.6 Å². The topological polar surface area (TPSA) is 53.1 Å². The van der Waals surface area contributed by atoms with Crippen molar-refractivity contribution in [3.63, 3.8) is 0 Å². The smallest absolute Gasteiger partial charge is 0.313 e. The number of allylic oxidation sites excluding steroid dienone is 1. The Kier molecular flexibility index (Phi) is 10.1. The third-order valence-electron chi connectivity index (χ3n) is 7.68. The van der Waals surface area contributed by atoms with Crippen LogP contribution in [-0.4, -0.2) is 93.0 Å². The highest BCUT2D eigenvalue weighted by Gasteiger charge is 2.55. The summed E-state index contributed by atoms with van der Waals surface area (Å²) in [7, 11) is 4.24. The van der Waals surface area contributed by atoms with Crippen molar-refractivity contribution in [2.45, 2.75) is 46.0 Å². The summed E-state index contributed by atoms with van der Waals surface area (Å²) in [5, 5.41) is 0. The average Bonchev–Trinajstić information content (AvgIpc) is 3.30. The maximum absolute atomic E-state index is 12.1. The first-order chi connectivity index (χ1) is 16.7. The monoisotopic (exact) mass is 483 g/mol. The number of Topliss-reactive ketones (excluding diaryl/α,β-unsaturated/α-hetero) is 1. The summed E-state index contributed by atoms with van der Waals surface area (Å²) >= 11 is 0. The molecule has 3 fully saturated rings. The summed E-state index contributed by atoms with van der Waals surface area (Å²) in [5.74, 6) is 0.677. The second-order valence-corrected chi connectivity index (χ2v) is 10.9. The molecule has 1 aliphatic carbocycles. The Morgan fingerprint density at radius 3 is 2.43 bits per heavy atom. The van der Waals surface area contributed by atoms with Gasteiger partial charge in [-0.2, -0.15) is 0 Å². The summed E-state index contributed by atoms with van der Waals surface area (Å²) in [6.07, 6.45) is 4.43. The first-order valence-corrected chi connectivity index (χ1v) is 13.2. The maximum Gasteiger partial charge on any atom is 0.313 e. The average molecular weight is 484 g/mol. The van der Waals surface area contributed by atoms with Gasteiger partial charge in [-0.1, -0.05) is 48.9 Å². The third-order valence-corrected chi connectivity index (χ3v) is 7.68. The Bertz CT molecular complexity index is 858. The Morgan fingerprint density at radius 1 is 1.14 bits per heavy atom. The summed E-state index contributed by atoms with van der Waals surface area (Å²) in [5.41, 5.74) is 3.34. The van der Waals surface area contributed by atoms with Crippen LogP contribution in [0.2, 0.25) is 0 Å². The standard InChI is InChI=1S/C16H18O2.C13H27N3O/c1-11-3-5-13(6-4-11)9-16-8-12(2)7-14(16)10-18-15(16)17;1-4-13(17)12-16-10-8-15(9-11-16)7-5-6-14(2)3/h3-6,14H,2,7-10H2,1H3;4-12H2,1-3H3. The largest absolute Gasteiger partial charge is 0.465 e. The fourth-order valence-electron chi connectivity index (χ4n) is 5.48. The summed E-state index contributed by atoms with van der Waals surface area (Å²) in [6, 6.07) is 8.44. The Hall–Kier alpha value is -2.02. The van der Waals surface area contributed by atoms with E-state index < -0.39 is 0 Å². The van der Waals surface area contributed by atoms with E-state index in [2.05, 4.69) is 66.6 Å². The van der Waals surface area contributed by atoms with Crippen LogP contribution in [0.5, 0.6) is 0 Å². The molecule has 1 aromatic carbocycles. The van der Waals surface area contributed by atoms with Gasteiger partial charge in [-0.05, 0) is 65.4 Å². The Balaban J connectivity index is 0.000000196. The molecule has 3 aliphatic rings. The number of piperazine rings is 1. The zero-order valence-electron chi connectivity index (χ0n) is 22.4. The van der Waals surface area contributed by atoms with E-state index in [1.807, 2.05) is 6.92 Å². The number of cyclic esters (lactones) is 1. The van der Waals surface area contributed by atoms with Crippen LogP contribution < -0.4 is 0 Å². The van der Waals surface area contributed by atoms with E-state index in [1.54, 1.807) is 0 Å². The second-order valence-electron chi connectivity index (χ2n) is 10.9. The van der Waals surface area contributed by atoms with Crippen molar-refractivity contribution in [1.29, 1.82) is 0 Å². The molecule has 35 heavy (non-hydrogen) atoms. The molecule has 0 bridgehead atoms. The lowest BCUT2D eigenvalue weighted by Gasteiger charge is -2.34. The van der Waals surface area contributed by atoms with E-state index in [9.17, 15) is 9.59 Å². The normalized spacial score (nSPS) is 24.8. The van der Waals surface area contributed by atoms with E-state index >= 15 is 0 Å². The van der Waals surface area contributed by atoms with Gasteiger partial charge in [0.1, 0.15) is 5.78 Å². The van der Waals surface area contributed by atoms with Gasteiger partial charge in [0.15, 0.2) is 0 Å². The third kappa shape index (κ3) is 7.73. The maximum atomic E-state index is 12.1. The van der Waals surface area contributed by atoms with Crippen molar-refractivity contribution in [1.82, 2.24) is 14.7 Å². The lowest BCUT2D eigenvalue weighted by atomic mass is 9.75. The fourth-order valence-corrected chi connectivity index (χ4v) is 5.48. The molecule has 6 heteroatoms. The van der Waals surface area contributed by atoms with Crippen molar-refractivity contribution < 1.29 is 14.3 Å². The lowest BCUT2D eigenvalue weighted by Crippen LogP contribution is -2.48. The molecule has 0 amide bonds. The summed E-state index contributed by atoms with van der Waals surface area (Å²) in [6.45, 7) is 16.0. The SMILES string of the molecule is C=C1CC2COC(=O)C2(Cc2ccc(C)cc2)C1.CCC(=O)CN1CCN(CCCN(C)C)CC1. The quantitative estimate of drug-likeness (QED) is 0.395. The van der Waals surface area contributed by atoms with Crippen LogP contribution in [0.4, 0.5) is 0 Å². The first kappa shape index (κ1) is 27.6. The van der Waals surface area contributed by atoms with Crippen LogP contribution in [0.3, 0.4) is 0 Å². The van der Waals surface area contributed by atoms with Gasteiger partial charge in [0.25, 0.3) is 0 Å². The highest BCUT2D eigenvalue weighted by molar-refractivity contribution is 5.81. The molecule has 2 atom stereocenters. The number of aryl methyl sites for hydroxylation is 1. The molecule has 2 heterocycles. The minimum absolute atomic E-state index is 0.0216. The minimum atomic E-state index is -0.327. The lowest BCUT2D eigenvalue weighted by molar-refractivity contribution is -0.146. The van der Waals surface area contributed by atoms with Crippen molar-refractivity contribution >= 4 is 11.8 Å². The molecule has 0 aromatic heterocycles. The predicted molar refractivity (Wildman–Crippen MR) is 141 cm³/mol. The number of benzene rings is 1. The van der Waals surface area contributed by atoms with Gasteiger partial charge in [-0.3, -0.25) is 14.5 Å². The first-order valence-electron chi connectivity index (χ1n) is 13.2. The van der Waals surface area contributed by atoms with E-state index in [4.69, 9.17) is 4.74 Å². The molecule has 2 aliphatic heterocycles. The van der Waals surface area contributed by atoms with E-state index in [-0.39, 0.29) is 11.4 Å². The van der Waals surface area contributed by atoms with Gasteiger partial charge in [-0.25, -0.2) is 0 Å². The van der Waals surface area contributed by atoms with Gasteiger partial charge >= 0.3 is 5.97 Å². The van der Waals surface area contributed by atoms with Crippen LogP contribution in [0.1, 0.15) is 43.7 Å². The molecule has 6 nitrogen and oxygen atoms in total. The Morgan fingerprint density at radius 2 is 1.80 bits per heavy atom. The number of hydrogen-bond donors (Lipinski definition) is 0. The molecular weight excluding hydrogens is 438 g/mol. The molecule has 2 saturated heterocycles. The minimum Gasteiger partial charge on any atom is -0.465 e. The number of rotatable bonds is 9. The number of esters is 1. The Labute approximate surface area is 212 Å². The van der Waals surface area contributed by atoms with E-state index in [0.717, 1.165) is 52.0 Å². The zero-order valence-corrected chi connectivity index (χ0v) is 22.4. The highest BCUT2D eigenvalue weighted by Crippen LogP contribution is 2.52. The number of hydrogen-bond acceptors (Lipinski definition) is 6. The molecule has 1 aromatic rings. The number of carbonyl (C=O) groups is 2. The van der Waals surface area contributed by atoms with Crippen LogP contribution in [0.15, 0.2) is 36.4 Å². The number of carbonyl (C=O) groups excluding carboxylic acids is 2. The van der Waals surface area contributed by atoms with Crippen molar-refractivity contribution in [2.75, 3.05) is 66.5 Å². The highest BCUT2D eigenvalue weighted by atomic mass is 16.5. The van der Waals surface area contributed by atoms with Crippen LogP contribution in [0, 0.1) is 18.3 Å². The van der Waals surface area contributed by atoms with Crippen molar-refractivity contribution in [3.8, 4) is 0 Å². The molecule has 2 unspecified atom stereocenters. The van der Waals surface area contributed by atoms with Gasteiger partial charge in [-0.15, -0.1) is 0 Å². The van der Waals surface area contributed by atoms with Gasteiger partial charge < -0.3 is 14.5 Å². The molecule has 0 radical (unpaired) electrons. The molecule has 194 valence electrons. The van der Waals surface area contributed by atoms with Crippen molar-refractivity contribution in [2.24, 2.45) is 11.3 Å². The molecule has 4 rings (SSSR count). The summed E-state index contributed by atoms with van der Waals surface area (Å²) in [4.78, 5) is 30.5. The molecule has 0 N–H and O–H groups in total. The van der Waals surface area contributed by atoms with Crippen LogP contribution >= 0.6 is 0 Å². The van der Waals surface area contributed by atoms with Gasteiger partial charge in [0.2, 0.25) is 0 Å². The predicted octanol–water partition coefficient (Wildman–Crippen LogP) is 3.58. The molecule has 1 saturated carbocycles. The number of nitrogens with zero attached hydrogens (tertiary/aromatic N) is 3. The summed E-state index contributed by atoms with van der Waals surface area (Å²) < 4.78 is 5.29. The van der Waals surface area contributed by atoms with E-state index in [0.29, 0.717) is 31.3 Å². The zero-order chi connectivity index (χ0) is 25.4. The van der Waals surface area contributed by atoms with E-state index in [1.165, 1.54) is 29.7 Å². The second kappa shape index (κ2) is 12.8. The molecular formula is C29H45N3O3. The number of ketones is 1. The van der Waals surface area contributed by atoms with Crippen molar-refractivity contribution in [3.05, 3.63) is 47.5 Å².